The van der Waals surface area contributed by atoms with Gasteiger partial charge in [0.15, 0.2) is 0 Å². The van der Waals surface area contributed by atoms with Crippen LogP contribution in [0.5, 0.6) is 0 Å². The fourth-order valence-electron chi connectivity index (χ4n) is 0.227. The average Bonchev–Trinajstić information content (AvgIpc) is 1.61. The molecule has 0 aliphatic rings. The Morgan fingerprint density at radius 2 is 2.25 bits per heavy atom. The van der Waals surface area contributed by atoms with Crippen molar-refractivity contribution in [2.24, 2.45) is 0 Å². The summed E-state index contributed by atoms with van der Waals surface area (Å²) in [6, 6.07) is 0. The zero-order chi connectivity index (χ0) is 5.70. The van der Waals surface area contributed by atoms with Crippen LogP contribution in [0, 0.1) is 0 Å². The van der Waals surface area contributed by atoms with E-state index in [0.29, 0.717) is 12.3 Å². The molecule has 0 aliphatic heterocycles. The third-order valence-corrected chi connectivity index (χ3v) is 0.680. The van der Waals surface area contributed by atoms with Gasteiger partial charge in [0.1, 0.15) is 0 Å². The fourth-order valence-corrected chi connectivity index (χ4v) is 0.329. The molecule has 0 aromatic heterocycles. The third-order valence-electron chi connectivity index (χ3n) is 0.476. The first-order chi connectivity index (χ1) is 3.27. The minimum Gasteiger partial charge on any atom is -0.791 e. The molecule has 0 aliphatic carbocycles. The normalized spacial score (nSPS) is 7.25. The van der Waals surface area contributed by atoms with Gasteiger partial charge in [-0.3, -0.25) is 4.79 Å². The number of hydrogen-bond acceptors (Lipinski definition) is 2. The van der Waals surface area contributed by atoms with Crippen molar-refractivity contribution < 1.29 is 27.2 Å². The second-order valence-electron chi connectivity index (χ2n) is 1.19. The summed E-state index contributed by atoms with van der Waals surface area (Å²) >= 11 is 4.56. The molecule has 1 amide bonds. The predicted molar refractivity (Wildman–Crippen MR) is 30.9 cm³/mol. The van der Waals surface area contributed by atoms with Gasteiger partial charge in [-0.1, -0.05) is 0 Å². The van der Waals surface area contributed by atoms with E-state index >= 15 is 0 Å². The van der Waals surface area contributed by atoms with E-state index in [0.717, 1.165) is 0 Å². The number of nitrogens with one attached hydrogen (secondary N) is 1. The van der Waals surface area contributed by atoms with Crippen molar-refractivity contribution in [2.45, 2.75) is 6.92 Å². The summed E-state index contributed by atoms with van der Waals surface area (Å²) in [5.41, 5.74) is 0. The second-order valence-corrected chi connectivity index (χ2v) is 1.60. The fraction of sp³-hybridized carbons (Fsp3) is 0.750. The van der Waals surface area contributed by atoms with Gasteiger partial charge < -0.3 is 17.9 Å². The molecule has 52 valence electrons. The zero-order valence-electron chi connectivity index (χ0n) is 4.53. The first kappa shape index (κ1) is 11.4. The molecule has 0 spiro atoms. The number of carbonyl (C=O) groups excluding carboxylic acids is 1. The quantitative estimate of drug-likeness (QED) is 0.515. The van der Waals surface area contributed by atoms with Crippen LogP contribution in [0.4, 0.5) is 0 Å². The van der Waals surface area contributed by atoms with Gasteiger partial charge >= 0.3 is 22.4 Å². The van der Waals surface area contributed by atoms with E-state index in [4.69, 9.17) is 0 Å². The van der Waals surface area contributed by atoms with E-state index in [1.807, 2.05) is 0 Å². The maximum atomic E-state index is 10.0. The second kappa shape index (κ2) is 7.56. The van der Waals surface area contributed by atoms with Crippen LogP contribution in [0.1, 0.15) is 6.92 Å². The summed E-state index contributed by atoms with van der Waals surface area (Å²) in [5, 5.41) is 2.55. The largest absolute Gasteiger partial charge is 1.00 e. The molecule has 0 saturated heterocycles. The van der Waals surface area contributed by atoms with Gasteiger partial charge in [-0.2, -0.15) is 5.75 Å². The standard InChI is InChI=1S/C4H9NOS.Ag/c1-4(6)5-2-3-7;/h7H,2-3H2,1H3,(H,5,6);/q;+1/p-1. The Bertz CT molecular complexity index is 69.1. The van der Waals surface area contributed by atoms with E-state index in [9.17, 15) is 4.79 Å². The summed E-state index contributed by atoms with van der Waals surface area (Å²) in [4.78, 5) is 10.0. The van der Waals surface area contributed by atoms with Gasteiger partial charge in [0.05, 0.1) is 0 Å². The molecular formula is C4H8AgNOS. The molecule has 0 fully saturated rings. The van der Waals surface area contributed by atoms with Crippen LogP contribution < -0.4 is 5.32 Å². The maximum absolute atomic E-state index is 10.0. The molecule has 8 heavy (non-hydrogen) atoms. The number of rotatable bonds is 2. The summed E-state index contributed by atoms with van der Waals surface area (Å²) < 4.78 is 0. The summed E-state index contributed by atoms with van der Waals surface area (Å²) in [7, 11) is 0. The molecule has 0 rings (SSSR count). The zero-order valence-corrected chi connectivity index (χ0v) is 6.83. The third kappa shape index (κ3) is 9.75. The van der Waals surface area contributed by atoms with Crippen LogP contribution in [0.3, 0.4) is 0 Å². The van der Waals surface area contributed by atoms with Crippen LogP contribution >= 0.6 is 0 Å². The van der Waals surface area contributed by atoms with E-state index < -0.39 is 0 Å². The summed E-state index contributed by atoms with van der Waals surface area (Å²) in [5.74, 6) is 0.587. The van der Waals surface area contributed by atoms with Gasteiger partial charge in [0.25, 0.3) is 0 Å². The van der Waals surface area contributed by atoms with Crippen molar-refractivity contribution >= 4 is 18.5 Å². The molecule has 0 radical (unpaired) electrons. The van der Waals surface area contributed by atoms with Crippen LogP contribution in [0.2, 0.25) is 0 Å². The van der Waals surface area contributed by atoms with Gasteiger partial charge in [-0.25, -0.2) is 0 Å². The van der Waals surface area contributed by atoms with Gasteiger partial charge in [0, 0.05) is 6.92 Å². The Hall–Kier alpha value is 0.560. The van der Waals surface area contributed by atoms with Crippen LogP contribution in [-0.4, -0.2) is 18.2 Å². The SMILES string of the molecule is CC(=O)NCC[S-].[Ag+]. The smallest absolute Gasteiger partial charge is 0.791 e. The maximum Gasteiger partial charge on any atom is 1.00 e. The van der Waals surface area contributed by atoms with Gasteiger partial charge in [-0.15, -0.1) is 0 Å². The first-order valence-electron chi connectivity index (χ1n) is 2.10. The van der Waals surface area contributed by atoms with E-state index in [2.05, 4.69) is 17.9 Å². The van der Waals surface area contributed by atoms with E-state index in [-0.39, 0.29) is 28.3 Å². The Balaban J connectivity index is 0. The molecule has 0 aromatic carbocycles. The molecule has 0 unspecified atom stereocenters. The first-order valence-corrected chi connectivity index (χ1v) is 2.67. The monoisotopic (exact) mass is 225 g/mol. The number of carbonyl (C=O) groups is 1. The van der Waals surface area contributed by atoms with Crippen molar-refractivity contribution in [1.29, 1.82) is 0 Å². The topological polar surface area (TPSA) is 29.1 Å². The summed E-state index contributed by atoms with van der Waals surface area (Å²) in [6.07, 6.45) is 0. The Morgan fingerprint density at radius 3 is 2.38 bits per heavy atom. The Labute approximate surface area is 70.3 Å². The molecule has 4 heteroatoms. The minimum atomic E-state index is -0.00940. The molecule has 0 bridgehead atoms. The Morgan fingerprint density at radius 1 is 1.75 bits per heavy atom. The van der Waals surface area contributed by atoms with Crippen LogP contribution in [0.15, 0.2) is 0 Å². The van der Waals surface area contributed by atoms with Crippen LogP contribution in [-0.2, 0) is 39.8 Å². The van der Waals surface area contributed by atoms with E-state index in [1.54, 1.807) is 0 Å². The average molecular weight is 226 g/mol. The Kier molecular flexibility index (Phi) is 10.7. The van der Waals surface area contributed by atoms with Crippen molar-refractivity contribution in [2.75, 3.05) is 12.3 Å². The molecule has 0 saturated carbocycles. The number of amides is 1. The van der Waals surface area contributed by atoms with Gasteiger partial charge in [0.2, 0.25) is 5.91 Å². The molecule has 0 atom stereocenters. The molecule has 2 nitrogen and oxygen atoms in total. The minimum absolute atomic E-state index is 0. The number of hydrogen-bond donors (Lipinski definition) is 1. The molecular weight excluding hydrogens is 218 g/mol. The van der Waals surface area contributed by atoms with Gasteiger partial charge in [-0.05, 0) is 6.54 Å². The van der Waals surface area contributed by atoms with Crippen molar-refractivity contribution in [3.05, 3.63) is 0 Å². The van der Waals surface area contributed by atoms with Crippen molar-refractivity contribution in [3.8, 4) is 0 Å². The van der Waals surface area contributed by atoms with E-state index in [1.165, 1.54) is 6.92 Å². The predicted octanol–water partition coefficient (Wildman–Crippen LogP) is -0.333. The molecule has 1 N–H and O–H groups in total. The molecule has 0 heterocycles. The summed E-state index contributed by atoms with van der Waals surface area (Å²) in [6.45, 7) is 2.09. The van der Waals surface area contributed by atoms with Crippen molar-refractivity contribution in [1.82, 2.24) is 5.32 Å². The van der Waals surface area contributed by atoms with Crippen molar-refractivity contribution in [3.63, 3.8) is 0 Å². The van der Waals surface area contributed by atoms with Crippen LogP contribution in [0.25, 0.3) is 0 Å². The molecule has 0 aromatic rings.